The van der Waals surface area contributed by atoms with E-state index in [1.807, 2.05) is 45.0 Å². The number of benzene rings is 3. The summed E-state index contributed by atoms with van der Waals surface area (Å²) in [5.74, 6) is -0.880. The second-order valence-corrected chi connectivity index (χ2v) is 12.4. The lowest BCUT2D eigenvalue weighted by Crippen LogP contribution is -2.51. The smallest absolute Gasteiger partial charge is 0.264 e. The fourth-order valence-electron chi connectivity index (χ4n) is 4.16. The SMILES string of the molecule is CCCCNC(=O)C(C)N(Cc1cccc(C)c1)C(=O)CN(c1cccc(Cl)c1Cl)S(=O)(=O)c1ccc(C)cc1. The molecule has 1 atom stereocenters. The van der Waals surface area contributed by atoms with Gasteiger partial charge in [-0.05, 0) is 57.0 Å². The van der Waals surface area contributed by atoms with E-state index in [1.54, 1.807) is 31.2 Å². The van der Waals surface area contributed by atoms with Gasteiger partial charge in [0.2, 0.25) is 11.8 Å². The largest absolute Gasteiger partial charge is 0.354 e. The normalized spacial score (nSPS) is 12.1. The lowest BCUT2D eigenvalue weighted by atomic mass is 10.1. The third-order valence-corrected chi connectivity index (χ3v) is 9.10. The monoisotopic (exact) mass is 603 g/mol. The minimum atomic E-state index is -4.24. The maximum atomic E-state index is 14.0. The summed E-state index contributed by atoms with van der Waals surface area (Å²) in [5.41, 5.74) is 2.77. The molecule has 0 spiro atoms. The third-order valence-electron chi connectivity index (χ3n) is 6.52. The molecule has 214 valence electrons. The molecule has 1 unspecified atom stereocenters. The maximum absolute atomic E-state index is 14.0. The van der Waals surface area contributed by atoms with Crippen LogP contribution in [-0.4, -0.2) is 44.3 Å². The van der Waals surface area contributed by atoms with E-state index in [4.69, 9.17) is 23.2 Å². The summed E-state index contributed by atoms with van der Waals surface area (Å²) >= 11 is 12.7. The minimum Gasteiger partial charge on any atom is -0.354 e. The number of hydrogen-bond donors (Lipinski definition) is 1. The number of rotatable bonds is 12. The Morgan fingerprint density at radius 2 is 1.62 bits per heavy atom. The van der Waals surface area contributed by atoms with Crippen LogP contribution in [0, 0.1) is 13.8 Å². The summed E-state index contributed by atoms with van der Waals surface area (Å²) in [6.45, 7) is 7.46. The number of carbonyl (C=O) groups excluding carboxylic acids is 2. The Morgan fingerprint density at radius 1 is 0.950 bits per heavy atom. The molecule has 0 aromatic heterocycles. The summed E-state index contributed by atoms with van der Waals surface area (Å²) in [6.07, 6.45) is 1.72. The molecule has 40 heavy (non-hydrogen) atoms. The number of anilines is 1. The van der Waals surface area contributed by atoms with Crippen molar-refractivity contribution in [1.82, 2.24) is 10.2 Å². The highest BCUT2D eigenvalue weighted by atomic mass is 35.5. The van der Waals surface area contributed by atoms with Gasteiger partial charge in [0.1, 0.15) is 12.6 Å². The van der Waals surface area contributed by atoms with Gasteiger partial charge in [-0.3, -0.25) is 13.9 Å². The average Bonchev–Trinajstić information content (AvgIpc) is 2.92. The van der Waals surface area contributed by atoms with Crippen molar-refractivity contribution < 1.29 is 18.0 Å². The van der Waals surface area contributed by atoms with Crippen LogP contribution in [0.25, 0.3) is 0 Å². The fraction of sp³-hybridized carbons (Fsp3) is 0.333. The van der Waals surface area contributed by atoms with Crippen molar-refractivity contribution in [2.45, 2.75) is 58.0 Å². The Morgan fingerprint density at radius 3 is 2.27 bits per heavy atom. The Kier molecular flexibility index (Phi) is 11.0. The first-order valence-corrected chi connectivity index (χ1v) is 15.3. The van der Waals surface area contributed by atoms with Gasteiger partial charge in [-0.1, -0.05) is 90.1 Å². The predicted octanol–water partition coefficient (Wildman–Crippen LogP) is 6.14. The quantitative estimate of drug-likeness (QED) is 0.252. The molecule has 0 aliphatic heterocycles. The molecule has 0 heterocycles. The fourth-order valence-corrected chi connectivity index (χ4v) is 6.04. The molecule has 2 amide bonds. The number of sulfonamides is 1. The van der Waals surface area contributed by atoms with Crippen molar-refractivity contribution in [2.24, 2.45) is 0 Å². The van der Waals surface area contributed by atoms with Crippen LogP contribution in [-0.2, 0) is 26.2 Å². The molecule has 3 aromatic rings. The van der Waals surface area contributed by atoms with Crippen LogP contribution in [0.1, 0.15) is 43.4 Å². The van der Waals surface area contributed by atoms with Crippen LogP contribution in [0.4, 0.5) is 5.69 Å². The number of aryl methyl sites for hydroxylation is 2. The predicted molar refractivity (Wildman–Crippen MR) is 161 cm³/mol. The second kappa shape index (κ2) is 14.0. The third kappa shape index (κ3) is 7.77. The highest BCUT2D eigenvalue weighted by Crippen LogP contribution is 2.35. The van der Waals surface area contributed by atoms with E-state index in [0.717, 1.165) is 33.8 Å². The van der Waals surface area contributed by atoms with Crippen molar-refractivity contribution in [3.8, 4) is 0 Å². The molecule has 0 aliphatic rings. The molecule has 0 bridgehead atoms. The Balaban J connectivity index is 2.04. The van der Waals surface area contributed by atoms with E-state index in [1.165, 1.54) is 23.1 Å². The molecule has 10 heteroatoms. The number of nitrogens with zero attached hydrogens (tertiary/aromatic N) is 2. The second-order valence-electron chi connectivity index (χ2n) is 9.73. The summed E-state index contributed by atoms with van der Waals surface area (Å²) < 4.78 is 28.8. The van der Waals surface area contributed by atoms with Crippen LogP contribution in [0.3, 0.4) is 0 Å². The van der Waals surface area contributed by atoms with Gasteiger partial charge in [-0.2, -0.15) is 0 Å². The summed E-state index contributed by atoms with van der Waals surface area (Å²) in [4.78, 5) is 28.4. The first-order valence-electron chi connectivity index (χ1n) is 13.1. The van der Waals surface area contributed by atoms with Gasteiger partial charge >= 0.3 is 0 Å². The molecule has 0 saturated carbocycles. The zero-order valence-corrected chi connectivity index (χ0v) is 25.5. The van der Waals surface area contributed by atoms with Gasteiger partial charge in [0.15, 0.2) is 0 Å². The molecule has 0 saturated heterocycles. The van der Waals surface area contributed by atoms with Crippen LogP contribution in [0.2, 0.25) is 10.0 Å². The minimum absolute atomic E-state index is 0.00228. The van der Waals surface area contributed by atoms with Gasteiger partial charge in [-0.15, -0.1) is 0 Å². The number of halogens is 2. The molecular formula is C30H35Cl2N3O4S. The molecule has 1 N–H and O–H groups in total. The molecule has 0 aliphatic carbocycles. The topological polar surface area (TPSA) is 86.8 Å². The first-order chi connectivity index (χ1) is 18.9. The number of unbranched alkanes of at least 4 members (excludes halogenated alkanes) is 1. The van der Waals surface area contributed by atoms with Crippen LogP contribution in [0.15, 0.2) is 71.6 Å². The highest BCUT2D eigenvalue weighted by molar-refractivity contribution is 7.92. The highest BCUT2D eigenvalue weighted by Gasteiger charge is 2.33. The molecule has 3 rings (SSSR count). The van der Waals surface area contributed by atoms with Gasteiger partial charge in [0.25, 0.3) is 10.0 Å². The van der Waals surface area contributed by atoms with Crippen molar-refractivity contribution >= 4 is 50.7 Å². The zero-order chi connectivity index (χ0) is 29.4. The van der Waals surface area contributed by atoms with Crippen LogP contribution < -0.4 is 9.62 Å². The molecule has 7 nitrogen and oxygen atoms in total. The van der Waals surface area contributed by atoms with E-state index in [0.29, 0.717) is 6.54 Å². The van der Waals surface area contributed by atoms with E-state index in [9.17, 15) is 18.0 Å². The Labute approximate surface area is 247 Å². The Hall–Kier alpha value is -3.07. The van der Waals surface area contributed by atoms with E-state index in [2.05, 4.69) is 5.32 Å². The van der Waals surface area contributed by atoms with Crippen LogP contribution >= 0.6 is 23.2 Å². The van der Waals surface area contributed by atoms with E-state index in [-0.39, 0.29) is 33.1 Å². The van der Waals surface area contributed by atoms with Crippen LogP contribution in [0.5, 0.6) is 0 Å². The van der Waals surface area contributed by atoms with Crippen molar-refractivity contribution in [1.29, 1.82) is 0 Å². The molecular weight excluding hydrogens is 569 g/mol. The number of amides is 2. The molecule has 0 fully saturated rings. The lowest BCUT2D eigenvalue weighted by molar-refractivity contribution is -0.139. The lowest BCUT2D eigenvalue weighted by Gasteiger charge is -2.32. The number of nitrogens with one attached hydrogen (secondary N) is 1. The summed E-state index contributed by atoms with van der Waals surface area (Å²) in [7, 11) is -4.24. The van der Waals surface area contributed by atoms with Crippen molar-refractivity contribution in [2.75, 3.05) is 17.4 Å². The van der Waals surface area contributed by atoms with E-state index < -0.39 is 28.5 Å². The summed E-state index contributed by atoms with van der Waals surface area (Å²) in [6, 6.07) is 17.7. The maximum Gasteiger partial charge on any atom is 0.264 e. The van der Waals surface area contributed by atoms with Gasteiger partial charge in [0.05, 0.1) is 20.6 Å². The van der Waals surface area contributed by atoms with Crippen molar-refractivity contribution in [3.05, 3.63) is 93.5 Å². The number of carbonyl (C=O) groups is 2. The first kappa shape index (κ1) is 31.5. The summed E-state index contributed by atoms with van der Waals surface area (Å²) in [5, 5.41) is 3.03. The average molecular weight is 605 g/mol. The van der Waals surface area contributed by atoms with Gasteiger partial charge in [0, 0.05) is 13.1 Å². The molecule has 0 radical (unpaired) electrons. The standard InChI is InChI=1S/C30H35Cl2N3O4S/c1-5-6-17-33-30(37)23(4)34(19-24-10-7-9-22(3)18-24)28(36)20-35(27-12-8-11-26(31)29(27)32)40(38,39)25-15-13-21(2)14-16-25/h7-16,18,23H,5-6,17,19-20H2,1-4H3,(H,33,37). The van der Waals surface area contributed by atoms with Crippen molar-refractivity contribution in [3.63, 3.8) is 0 Å². The number of hydrogen-bond acceptors (Lipinski definition) is 4. The zero-order valence-electron chi connectivity index (χ0n) is 23.2. The van der Waals surface area contributed by atoms with Gasteiger partial charge in [-0.25, -0.2) is 8.42 Å². The van der Waals surface area contributed by atoms with E-state index >= 15 is 0 Å². The Bertz CT molecular complexity index is 1450. The molecule has 3 aromatic carbocycles. The van der Waals surface area contributed by atoms with Gasteiger partial charge < -0.3 is 10.2 Å².